The summed E-state index contributed by atoms with van der Waals surface area (Å²) in [6.45, 7) is 1.29. The first-order valence-corrected chi connectivity index (χ1v) is 2.34. The van der Waals surface area contributed by atoms with Gasteiger partial charge in [0.15, 0.2) is 0 Å². The Hall–Kier alpha value is -0.770. The molecule has 0 aromatic rings. The molecule has 0 saturated heterocycles. The molecule has 48 valence electrons. The number of aliphatic hydroxyl groups is 1. The number of rotatable bonds is 2. The molecule has 0 bridgehead atoms. The maximum Gasteiger partial charge on any atom is 0.246 e. The minimum Gasteiger partial charge on any atom is -0.418 e. The third-order valence-corrected chi connectivity index (χ3v) is 0.861. The lowest BCUT2D eigenvalue weighted by Gasteiger charge is -1.91. The van der Waals surface area contributed by atoms with Gasteiger partial charge in [-0.05, 0) is 0 Å². The zero-order valence-electron chi connectivity index (χ0n) is 4.66. The highest BCUT2D eigenvalue weighted by Crippen LogP contribution is 1.80. The normalized spacial score (nSPS) is 13.2. The quantitative estimate of drug-likeness (QED) is 0.227. The van der Waals surface area contributed by atoms with Gasteiger partial charge in [0.25, 0.3) is 0 Å². The largest absolute Gasteiger partial charge is 0.418 e. The van der Waals surface area contributed by atoms with Gasteiger partial charge < -0.3 is 10.3 Å². The number of hydrogen-bond donors (Lipinski definition) is 2. The van der Waals surface area contributed by atoms with E-state index >= 15 is 0 Å². The van der Waals surface area contributed by atoms with Crippen molar-refractivity contribution in [2.45, 2.75) is 13.3 Å². The van der Waals surface area contributed by atoms with Gasteiger partial charge in [0, 0.05) is 11.3 Å². The minimum atomic E-state index is -0.378. The van der Waals surface area contributed by atoms with Crippen molar-refractivity contribution in [3.63, 3.8) is 0 Å². The van der Waals surface area contributed by atoms with E-state index < -0.39 is 0 Å². The zero-order valence-corrected chi connectivity index (χ0v) is 4.66. The van der Waals surface area contributed by atoms with Gasteiger partial charge >= 0.3 is 0 Å². The van der Waals surface area contributed by atoms with Crippen LogP contribution in [0.5, 0.6) is 0 Å². The molecule has 4 heteroatoms. The minimum absolute atomic E-state index is 0.0741. The summed E-state index contributed by atoms with van der Waals surface area (Å²) in [5.41, 5.74) is 0.0741. The van der Waals surface area contributed by atoms with Crippen molar-refractivity contribution in [3.8, 4) is 0 Å². The van der Waals surface area contributed by atoms with Crippen molar-refractivity contribution in [1.29, 1.82) is 0 Å². The highest BCUT2D eigenvalue weighted by atomic mass is 16.8. The summed E-state index contributed by atoms with van der Waals surface area (Å²) >= 11 is 0. The third-order valence-electron chi connectivity index (χ3n) is 0.861. The lowest BCUT2D eigenvalue weighted by molar-refractivity contribution is -0.727. The molecule has 8 heavy (non-hydrogen) atoms. The summed E-state index contributed by atoms with van der Waals surface area (Å²) in [5.74, 6) is 0. The Balaban J connectivity index is 3.86. The molecule has 0 amide bonds. The third kappa shape index (κ3) is 1.79. The Morgan fingerprint density at radius 3 is 2.25 bits per heavy atom. The van der Waals surface area contributed by atoms with E-state index in [-0.39, 0.29) is 17.2 Å². The molecule has 4 nitrogen and oxygen atoms in total. The molecule has 0 saturated carbocycles. The van der Waals surface area contributed by atoms with Crippen molar-refractivity contribution in [2.24, 2.45) is 0 Å². The average Bonchev–Trinajstić information content (AvgIpc) is 1.69. The first-order valence-electron chi connectivity index (χ1n) is 2.34. The lowest BCUT2D eigenvalue weighted by Crippen LogP contribution is -2.15. The summed E-state index contributed by atoms with van der Waals surface area (Å²) < 4.78 is 0. The SMILES string of the molecule is CC/C(CO)=[N+](/[O-])O. The van der Waals surface area contributed by atoms with Gasteiger partial charge in [-0.1, -0.05) is 6.92 Å². The van der Waals surface area contributed by atoms with Gasteiger partial charge in [-0.3, -0.25) is 5.21 Å². The molecular formula is C4H9NO3. The Morgan fingerprint density at radius 2 is 2.25 bits per heavy atom. The van der Waals surface area contributed by atoms with Crippen LogP contribution in [-0.4, -0.2) is 27.5 Å². The van der Waals surface area contributed by atoms with Crippen LogP contribution >= 0.6 is 0 Å². The maximum absolute atomic E-state index is 9.88. The van der Waals surface area contributed by atoms with Crippen molar-refractivity contribution in [2.75, 3.05) is 6.61 Å². The smallest absolute Gasteiger partial charge is 0.246 e. The molecule has 0 aromatic carbocycles. The molecular weight excluding hydrogens is 110 g/mol. The average molecular weight is 119 g/mol. The molecule has 0 heterocycles. The molecule has 0 aliphatic carbocycles. The van der Waals surface area contributed by atoms with E-state index in [0.29, 0.717) is 6.42 Å². The van der Waals surface area contributed by atoms with Gasteiger partial charge in [0.05, 0.1) is 0 Å². The van der Waals surface area contributed by atoms with Gasteiger partial charge in [0.2, 0.25) is 5.71 Å². The molecule has 0 atom stereocenters. The van der Waals surface area contributed by atoms with Crippen molar-refractivity contribution >= 4 is 5.71 Å². The highest BCUT2D eigenvalue weighted by molar-refractivity contribution is 5.80. The summed E-state index contributed by atoms with van der Waals surface area (Å²) in [6.07, 6.45) is 0.372. The molecule has 0 unspecified atom stereocenters. The predicted octanol–water partition coefficient (Wildman–Crippen LogP) is -0.271. The molecule has 0 rings (SSSR count). The molecule has 0 aliphatic rings. The standard InChI is InChI=1S/C4H9NO3/c1-2-4(3-6)5(7)8/h6H,2-3H2,1H3,(H,7,8). The van der Waals surface area contributed by atoms with Crippen LogP contribution in [0.2, 0.25) is 0 Å². The summed E-state index contributed by atoms with van der Waals surface area (Å²) in [4.78, 5) is -0.306. The maximum atomic E-state index is 9.88. The molecule has 0 spiro atoms. The van der Waals surface area contributed by atoms with Crippen LogP contribution in [0, 0.1) is 5.21 Å². The van der Waals surface area contributed by atoms with E-state index in [1.54, 1.807) is 6.92 Å². The number of hydrogen-bond acceptors (Lipinski definition) is 3. The fourth-order valence-corrected chi connectivity index (χ4v) is 0.308. The van der Waals surface area contributed by atoms with Crippen molar-refractivity contribution < 1.29 is 15.2 Å². The second kappa shape index (κ2) is 3.26. The number of nitrogens with zero attached hydrogens (tertiary/aromatic N) is 1. The van der Waals surface area contributed by atoms with Crippen molar-refractivity contribution in [1.82, 2.24) is 0 Å². The lowest BCUT2D eigenvalue weighted by atomic mass is 10.3. The van der Waals surface area contributed by atoms with Crippen LogP contribution in [0.4, 0.5) is 0 Å². The van der Waals surface area contributed by atoms with Gasteiger partial charge in [-0.2, -0.15) is 0 Å². The fraction of sp³-hybridized carbons (Fsp3) is 0.750. The summed E-state index contributed by atoms with van der Waals surface area (Å²) in [7, 11) is 0. The second-order valence-electron chi connectivity index (χ2n) is 1.35. The van der Waals surface area contributed by atoms with Gasteiger partial charge in [0.1, 0.15) is 6.61 Å². The topological polar surface area (TPSA) is 66.5 Å². The molecule has 0 aromatic heterocycles. The zero-order chi connectivity index (χ0) is 6.57. The van der Waals surface area contributed by atoms with E-state index in [4.69, 9.17) is 10.3 Å². The molecule has 0 radical (unpaired) electrons. The van der Waals surface area contributed by atoms with E-state index in [1.165, 1.54) is 0 Å². The van der Waals surface area contributed by atoms with Gasteiger partial charge in [-0.25, -0.2) is 0 Å². The van der Waals surface area contributed by atoms with E-state index in [9.17, 15) is 5.21 Å². The fourth-order valence-electron chi connectivity index (χ4n) is 0.308. The monoisotopic (exact) mass is 119 g/mol. The van der Waals surface area contributed by atoms with Gasteiger partial charge in [-0.15, -0.1) is 0 Å². The van der Waals surface area contributed by atoms with E-state index in [1.807, 2.05) is 0 Å². The summed E-state index contributed by atoms with van der Waals surface area (Å²) in [5, 5.41) is 26.2. The molecule has 2 N–H and O–H groups in total. The molecule has 0 fully saturated rings. The second-order valence-corrected chi connectivity index (χ2v) is 1.35. The first-order chi connectivity index (χ1) is 3.72. The van der Waals surface area contributed by atoms with Crippen LogP contribution in [0.25, 0.3) is 0 Å². The van der Waals surface area contributed by atoms with Crippen LogP contribution in [-0.2, 0) is 0 Å². The molecule has 0 aliphatic heterocycles. The number of aliphatic hydroxyl groups excluding tert-OH is 1. The Labute approximate surface area is 47.2 Å². The van der Waals surface area contributed by atoms with Crippen LogP contribution < -0.4 is 0 Å². The Bertz CT molecular complexity index is 89.5. The first kappa shape index (κ1) is 7.23. The van der Waals surface area contributed by atoms with Crippen LogP contribution in [0.1, 0.15) is 13.3 Å². The van der Waals surface area contributed by atoms with E-state index in [0.717, 1.165) is 0 Å². The Kier molecular flexibility index (Phi) is 2.95. The van der Waals surface area contributed by atoms with Crippen LogP contribution in [0.3, 0.4) is 0 Å². The van der Waals surface area contributed by atoms with Crippen LogP contribution in [0.15, 0.2) is 0 Å². The Morgan fingerprint density at radius 1 is 1.75 bits per heavy atom. The van der Waals surface area contributed by atoms with E-state index in [2.05, 4.69) is 0 Å². The van der Waals surface area contributed by atoms with Crippen molar-refractivity contribution in [3.05, 3.63) is 5.21 Å². The highest BCUT2D eigenvalue weighted by Gasteiger charge is 2.03. The predicted molar refractivity (Wildman–Crippen MR) is 27.8 cm³/mol. The summed E-state index contributed by atoms with van der Waals surface area (Å²) in [6, 6.07) is 0.